The molecule has 2 aromatic rings. The second kappa shape index (κ2) is 8.41. The van der Waals surface area contributed by atoms with Crippen molar-refractivity contribution in [3.8, 4) is 0 Å². The molecule has 1 aromatic carbocycles. The molecule has 1 aliphatic heterocycles. The van der Waals surface area contributed by atoms with E-state index in [1.165, 1.54) is 35.8 Å². The Morgan fingerprint density at radius 1 is 1.33 bits per heavy atom. The Hall–Kier alpha value is -2.58. The summed E-state index contributed by atoms with van der Waals surface area (Å²) in [6.07, 6.45) is 0.352. The van der Waals surface area contributed by atoms with Gasteiger partial charge in [0, 0.05) is 11.1 Å². The summed E-state index contributed by atoms with van der Waals surface area (Å²) >= 11 is 7.17. The van der Waals surface area contributed by atoms with Crippen molar-refractivity contribution in [1.29, 1.82) is 0 Å². The highest BCUT2D eigenvalue weighted by Crippen LogP contribution is 2.34. The Bertz CT molecular complexity index is 875. The Labute approximate surface area is 165 Å². The van der Waals surface area contributed by atoms with Gasteiger partial charge in [0.1, 0.15) is 12.4 Å². The summed E-state index contributed by atoms with van der Waals surface area (Å²) in [5.74, 6) is -0.832. The molecule has 3 rings (SSSR count). The van der Waals surface area contributed by atoms with E-state index in [2.05, 4.69) is 10.3 Å². The molecule has 1 aromatic heterocycles. The molecule has 1 N–H and O–H groups in total. The Balaban J connectivity index is 1.59. The van der Waals surface area contributed by atoms with Crippen molar-refractivity contribution in [2.24, 2.45) is 0 Å². The van der Waals surface area contributed by atoms with Gasteiger partial charge in [-0.2, -0.15) is 0 Å². The van der Waals surface area contributed by atoms with Gasteiger partial charge in [-0.15, -0.1) is 11.8 Å². The number of halogens is 1. The number of carbonyl (C=O) groups excluding carboxylic acids is 3. The number of nitrogens with zero attached hydrogens (tertiary/aromatic N) is 2. The van der Waals surface area contributed by atoms with Gasteiger partial charge in [-0.1, -0.05) is 23.7 Å². The van der Waals surface area contributed by atoms with Crippen LogP contribution in [0.1, 0.15) is 6.92 Å². The molecular formula is C18H16ClN3O4S. The third kappa shape index (κ3) is 4.78. The number of rotatable bonds is 5. The molecule has 0 unspecified atom stereocenters. The van der Waals surface area contributed by atoms with E-state index in [1.807, 2.05) is 12.1 Å². The molecule has 140 valence electrons. The van der Waals surface area contributed by atoms with Gasteiger partial charge in [-0.05, 0) is 31.2 Å². The van der Waals surface area contributed by atoms with Crippen LogP contribution < -0.4 is 10.2 Å². The molecule has 0 saturated carbocycles. The van der Waals surface area contributed by atoms with Crippen molar-refractivity contribution < 1.29 is 19.1 Å². The van der Waals surface area contributed by atoms with Crippen LogP contribution in [0.25, 0.3) is 0 Å². The largest absolute Gasteiger partial charge is 0.451 e. The minimum atomic E-state index is -1.04. The normalized spacial score (nSPS) is 14.3. The molecule has 1 aliphatic rings. The standard InChI is InChI=1S/C18H16ClN3O4S/c1-11(18(25)21-15-7-6-12(19)8-20-15)26-17(24)9-22-13-4-2-3-5-14(13)27-10-16(22)23/h2-8,11H,9-10H2,1H3,(H,20,21,25)/t11-/m1/s1. The number of aromatic nitrogens is 1. The van der Waals surface area contributed by atoms with Gasteiger partial charge in [0.2, 0.25) is 5.91 Å². The first-order valence-electron chi connectivity index (χ1n) is 8.08. The fourth-order valence-corrected chi connectivity index (χ4v) is 3.47. The van der Waals surface area contributed by atoms with Crippen LogP contribution in [-0.2, 0) is 19.1 Å². The van der Waals surface area contributed by atoms with E-state index in [0.29, 0.717) is 16.5 Å². The Morgan fingerprint density at radius 2 is 2.11 bits per heavy atom. The summed E-state index contributed by atoms with van der Waals surface area (Å²) in [7, 11) is 0. The number of nitrogens with one attached hydrogen (secondary N) is 1. The van der Waals surface area contributed by atoms with Crippen molar-refractivity contribution in [1.82, 2.24) is 4.98 Å². The summed E-state index contributed by atoms with van der Waals surface area (Å²) in [5, 5.41) is 2.97. The topological polar surface area (TPSA) is 88.6 Å². The summed E-state index contributed by atoms with van der Waals surface area (Å²) in [6.45, 7) is 1.19. The number of pyridine rings is 1. The van der Waals surface area contributed by atoms with Gasteiger partial charge in [0.25, 0.3) is 5.91 Å². The molecule has 0 bridgehead atoms. The highest BCUT2D eigenvalue weighted by atomic mass is 35.5. The maximum atomic E-state index is 12.2. The average Bonchev–Trinajstić information content (AvgIpc) is 2.66. The van der Waals surface area contributed by atoms with Crippen LogP contribution in [-0.4, -0.2) is 41.2 Å². The zero-order valence-corrected chi connectivity index (χ0v) is 15.9. The predicted octanol–water partition coefficient (Wildman–Crippen LogP) is 2.74. The summed E-state index contributed by atoms with van der Waals surface area (Å²) in [6, 6.07) is 10.4. The second-order valence-corrected chi connectivity index (χ2v) is 7.17. The maximum absolute atomic E-state index is 12.2. The molecule has 1 atom stereocenters. The first-order chi connectivity index (χ1) is 12.9. The highest BCUT2D eigenvalue weighted by molar-refractivity contribution is 8.00. The fraction of sp³-hybridized carbons (Fsp3) is 0.222. The van der Waals surface area contributed by atoms with E-state index in [1.54, 1.807) is 18.2 Å². The van der Waals surface area contributed by atoms with Crippen molar-refractivity contribution in [3.63, 3.8) is 0 Å². The lowest BCUT2D eigenvalue weighted by atomic mass is 10.2. The molecule has 9 heteroatoms. The Morgan fingerprint density at radius 3 is 2.85 bits per heavy atom. The van der Waals surface area contributed by atoms with Gasteiger partial charge in [-0.25, -0.2) is 4.98 Å². The van der Waals surface area contributed by atoms with E-state index >= 15 is 0 Å². The third-order valence-electron chi connectivity index (χ3n) is 3.75. The fourth-order valence-electron chi connectivity index (χ4n) is 2.42. The lowest BCUT2D eigenvalue weighted by Crippen LogP contribution is -2.41. The molecule has 0 saturated heterocycles. The van der Waals surface area contributed by atoms with Crippen LogP contribution in [0.5, 0.6) is 0 Å². The molecule has 2 heterocycles. The van der Waals surface area contributed by atoms with Crippen LogP contribution in [0.3, 0.4) is 0 Å². The Kier molecular flexibility index (Phi) is 5.98. The van der Waals surface area contributed by atoms with Gasteiger partial charge >= 0.3 is 5.97 Å². The number of hydrogen-bond acceptors (Lipinski definition) is 6. The first-order valence-corrected chi connectivity index (χ1v) is 9.44. The zero-order chi connectivity index (χ0) is 19.4. The third-order valence-corrected chi connectivity index (χ3v) is 5.02. The van der Waals surface area contributed by atoms with Gasteiger partial charge < -0.3 is 10.1 Å². The maximum Gasteiger partial charge on any atom is 0.326 e. The number of hydrogen-bond donors (Lipinski definition) is 1. The molecule has 7 nitrogen and oxygen atoms in total. The smallest absolute Gasteiger partial charge is 0.326 e. The molecule has 0 fully saturated rings. The predicted molar refractivity (Wildman–Crippen MR) is 103 cm³/mol. The SMILES string of the molecule is C[C@@H](OC(=O)CN1C(=O)CSc2ccccc21)C(=O)Nc1ccc(Cl)cn1. The number of anilines is 2. The van der Waals surface area contributed by atoms with Crippen LogP contribution >= 0.6 is 23.4 Å². The van der Waals surface area contributed by atoms with E-state index < -0.39 is 18.0 Å². The van der Waals surface area contributed by atoms with E-state index in [-0.39, 0.29) is 18.2 Å². The van der Waals surface area contributed by atoms with Crippen molar-refractivity contribution in [2.75, 3.05) is 22.5 Å². The minimum Gasteiger partial charge on any atom is -0.451 e. The summed E-state index contributed by atoms with van der Waals surface area (Å²) in [4.78, 5) is 42.8. The van der Waals surface area contributed by atoms with Crippen LogP contribution in [0, 0.1) is 0 Å². The monoisotopic (exact) mass is 405 g/mol. The van der Waals surface area contributed by atoms with E-state index in [4.69, 9.17) is 16.3 Å². The number of carbonyl (C=O) groups is 3. The van der Waals surface area contributed by atoms with E-state index in [9.17, 15) is 14.4 Å². The van der Waals surface area contributed by atoms with Gasteiger partial charge in [-0.3, -0.25) is 19.3 Å². The first kappa shape index (κ1) is 19.2. The number of para-hydroxylation sites is 1. The van der Waals surface area contributed by atoms with E-state index in [0.717, 1.165) is 4.90 Å². The molecular weight excluding hydrogens is 390 g/mol. The molecule has 2 amide bonds. The molecule has 0 radical (unpaired) electrons. The average molecular weight is 406 g/mol. The zero-order valence-electron chi connectivity index (χ0n) is 14.3. The van der Waals surface area contributed by atoms with Crippen LogP contribution in [0.2, 0.25) is 5.02 Å². The lowest BCUT2D eigenvalue weighted by molar-refractivity contribution is -0.152. The van der Waals surface area contributed by atoms with Crippen molar-refractivity contribution in [2.45, 2.75) is 17.9 Å². The second-order valence-electron chi connectivity index (χ2n) is 5.72. The number of benzene rings is 1. The van der Waals surface area contributed by atoms with Gasteiger partial charge in [0.15, 0.2) is 6.10 Å². The molecule has 27 heavy (non-hydrogen) atoms. The van der Waals surface area contributed by atoms with Crippen LogP contribution in [0.4, 0.5) is 11.5 Å². The van der Waals surface area contributed by atoms with Crippen molar-refractivity contribution in [3.05, 3.63) is 47.6 Å². The molecule has 0 spiro atoms. The number of esters is 1. The molecule has 0 aliphatic carbocycles. The number of amides is 2. The summed E-state index contributed by atoms with van der Waals surface area (Å²) in [5.41, 5.74) is 0.665. The lowest BCUT2D eigenvalue weighted by Gasteiger charge is -2.28. The number of thioether (sulfide) groups is 1. The van der Waals surface area contributed by atoms with Crippen molar-refractivity contribution >= 4 is 52.7 Å². The summed E-state index contributed by atoms with van der Waals surface area (Å²) < 4.78 is 5.17. The van der Waals surface area contributed by atoms with Gasteiger partial charge in [0.05, 0.1) is 16.5 Å². The van der Waals surface area contributed by atoms with Crippen LogP contribution in [0.15, 0.2) is 47.5 Å². The number of fused-ring (bicyclic) bond motifs is 1. The minimum absolute atomic E-state index is 0.182. The number of ether oxygens (including phenoxy) is 1. The highest BCUT2D eigenvalue weighted by Gasteiger charge is 2.28. The quantitative estimate of drug-likeness (QED) is 0.769.